The van der Waals surface area contributed by atoms with E-state index in [9.17, 15) is 0 Å². The lowest BCUT2D eigenvalue weighted by atomic mass is 10.0. The average Bonchev–Trinajstić information content (AvgIpc) is 2.76. The molecular weight excluding hydrogens is 204 g/mol. The fourth-order valence-electron chi connectivity index (χ4n) is 2.59. The molecular formula is C11H18N4O. The molecule has 3 heterocycles. The Bertz CT molecular complexity index is 365. The SMILES string of the molecule is NC1CCOCC1N1CCn2ccnc2C1. The minimum Gasteiger partial charge on any atom is -0.380 e. The van der Waals surface area contributed by atoms with E-state index in [1.165, 1.54) is 0 Å². The van der Waals surface area contributed by atoms with Gasteiger partial charge < -0.3 is 15.0 Å². The number of fused-ring (bicyclic) bond motifs is 1. The smallest absolute Gasteiger partial charge is 0.122 e. The molecule has 0 saturated carbocycles. The van der Waals surface area contributed by atoms with Crippen molar-refractivity contribution in [3.05, 3.63) is 18.2 Å². The number of imidazole rings is 1. The van der Waals surface area contributed by atoms with E-state index < -0.39 is 0 Å². The molecule has 5 heteroatoms. The van der Waals surface area contributed by atoms with Gasteiger partial charge >= 0.3 is 0 Å². The fourth-order valence-corrected chi connectivity index (χ4v) is 2.59. The molecule has 0 spiro atoms. The Labute approximate surface area is 95.2 Å². The summed E-state index contributed by atoms with van der Waals surface area (Å²) < 4.78 is 7.74. The lowest BCUT2D eigenvalue weighted by Crippen LogP contribution is -2.55. The Kier molecular flexibility index (Phi) is 2.67. The fraction of sp³-hybridized carbons (Fsp3) is 0.727. The van der Waals surface area contributed by atoms with Crippen LogP contribution in [0.3, 0.4) is 0 Å². The second-order valence-electron chi connectivity index (χ2n) is 4.60. The van der Waals surface area contributed by atoms with Crippen LogP contribution in [-0.4, -0.2) is 46.3 Å². The van der Waals surface area contributed by atoms with Gasteiger partial charge in [-0.05, 0) is 6.42 Å². The van der Waals surface area contributed by atoms with Crippen LogP contribution in [0.15, 0.2) is 12.4 Å². The zero-order valence-corrected chi connectivity index (χ0v) is 9.38. The van der Waals surface area contributed by atoms with E-state index in [0.29, 0.717) is 6.04 Å². The van der Waals surface area contributed by atoms with Gasteiger partial charge in [0.2, 0.25) is 0 Å². The second kappa shape index (κ2) is 4.16. The van der Waals surface area contributed by atoms with Gasteiger partial charge in [0, 0.05) is 44.2 Å². The van der Waals surface area contributed by atoms with Crippen LogP contribution in [0, 0.1) is 0 Å². The number of rotatable bonds is 1. The minimum atomic E-state index is 0.246. The van der Waals surface area contributed by atoms with Crippen molar-refractivity contribution in [2.45, 2.75) is 31.6 Å². The van der Waals surface area contributed by atoms with Crippen molar-refractivity contribution in [3.63, 3.8) is 0 Å². The molecule has 5 nitrogen and oxygen atoms in total. The predicted molar refractivity (Wildman–Crippen MR) is 59.8 cm³/mol. The lowest BCUT2D eigenvalue weighted by molar-refractivity contribution is -0.00461. The van der Waals surface area contributed by atoms with Crippen LogP contribution >= 0.6 is 0 Å². The largest absolute Gasteiger partial charge is 0.380 e. The number of aromatic nitrogens is 2. The van der Waals surface area contributed by atoms with Gasteiger partial charge in [0.25, 0.3) is 0 Å². The summed E-state index contributed by atoms with van der Waals surface area (Å²) in [5.74, 6) is 1.14. The summed E-state index contributed by atoms with van der Waals surface area (Å²) in [5.41, 5.74) is 6.16. The van der Waals surface area contributed by atoms with E-state index in [2.05, 4.69) is 14.5 Å². The first kappa shape index (κ1) is 10.3. The maximum Gasteiger partial charge on any atom is 0.122 e. The summed E-state index contributed by atoms with van der Waals surface area (Å²) in [6.45, 7) is 4.53. The molecule has 1 aromatic rings. The van der Waals surface area contributed by atoms with Crippen molar-refractivity contribution in [2.75, 3.05) is 19.8 Å². The summed E-state index contributed by atoms with van der Waals surface area (Å²) in [6.07, 6.45) is 4.88. The van der Waals surface area contributed by atoms with E-state index in [-0.39, 0.29) is 6.04 Å². The molecule has 0 aromatic carbocycles. The highest BCUT2D eigenvalue weighted by Gasteiger charge is 2.30. The van der Waals surface area contributed by atoms with Gasteiger partial charge in [-0.25, -0.2) is 4.98 Å². The van der Waals surface area contributed by atoms with Gasteiger partial charge in [-0.15, -0.1) is 0 Å². The van der Waals surface area contributed by atoms with Crippen molar-refractivity contribution in [1.82, 2.24) is 14.5 Å². The molecule has 88 valence electrons. The Morgan fingerprint density at radius 2 is 2.38 bits per heavy atom. The molecule has 0 aliphatic carbocycles. The van der Waals surface area contributed by atoms with Crippen LogP contribution in [0.2, 0.25) is 0 Å². The summed E-state index contributed by atoms with van der Waals surface area (Å²) in [4.78, 5) is 6.78. The van der Waals surface area contributed by atoms with Crippen LogP contribution in [0.1, 0.15) is 12.2 Å². The Balaban J connectivity index is 1.72. The molecule has 1 fully saturated rings. The predicted octanol–water partition coefficient (Wildman–Crippen LogP) is -0.185. The van der Waals surface area contributed by atoms with E-state index >= 15 is 0 Å². The van der Waals surface area contributed by atoms with Crippen molar-refractivity contribution in [3.8, 4) is 0 Å². The number of hydrogen-bond acceptors (Lipinski definition) is 4. The Hall–Kier alpha value is -0.910. The van der Waals surface area contributed by atoms with Crippen molar-refractivity contribution in [2.24, 2.45) is 5.73 Å². The first-order valence-electron chi connectivity index (χ1n) is 5.92. The van der Waals surface area contributed by atoms with Gasteiger partial charge in [-0.2, -0.15) is 0 Å². The van der Waals surface area contributed by atoms with E-state index in [0.717, 1.165) is 45.1 Å². The lowest BCUT2D eigenvalue weighted by Gasteiger charge is -2.39. The van der Waals surface area contributed by atoms with Crippen LogP contribution in [0.4, 0.5) is 0 Å². The van der Waals surface area contributed by atoms with Gasteiger partial charge in [-0.1, -0.05) is 0 Å². The van der Waals surface area contributed by atoms with E-state index in [1.807, 2.05) is 12.4 Å². The van der Waals surface area contributed by atoms with Crippen LogP contribution in [-0.2, 0) is 17.8 Å². The third-order valence-corrected chi connectivity index (χ3v) is 3.62. The zero-order chi connectivity index (χ0) is 11.0. The van der Waals surface area contributed by atoms with Gasteiger partial charge in [0.15, 0.2) is 0 Å². The monoisotopic (exact) mass is 222 g/mol. The molecule has 0 amide bonds. The van der Waals surface area contributed by atoms with Gasteiger partial charge in [0.05, 0.1) is 13.2 Å². The third-order valence-electron chi connectivity index (χ3n) is 3.62. The Morgan fingerprint density at radius 3 is 3.25 bits per heavy atom. The molecule has 16 heavy (non-hydrogen) atoms. The molecule has 3 rings (SSSR count). The van der Waals surface area contributed by atoms with E-state index in [1.54, 1.807) is 0 Å². The first-order valence-corrected chi connectivity index (χ1v) is 5.92. The standard InChI is InChI=1S/C11H18N4O/c12-9-1-6-16-8-10(9)15-5-4-14-3-2-13-11(14)7-15/h2-3,9-10H,1,4-8,12H2. The topological polar surface area (TPSA) is 56.3 Å². The van der Waals surface area contributed by atoms with Gasteiger partial charge in [0.1, 0.15) is 5.82 Å². The highest BCUT2D eigenvalue weighted by atomic mass is 16.5. The molecule has 0 bridgehead atoms. The Morgan fingerprint density at radius 1 is 1.44 bits per heavy atom. The third kappa shape index (κ3) is 1.75. The maximum absolute atomic E-state index is 6.16. The van der Waals surface area contributed by atoms with Crippen LogP contribution in [0.25, 0.3) is 0 Å². The molecule has 2 unspecified atom stereocenters. The van der Waals surface area contributed by atoms with Crippen LogP contribution in [0.5, 0.6) is 0 Å². The zero-order valence-electron chi connectivity index (χ0n) is 9.38. The first-order chi connectivity index (χ1) is 7.84. The minimum absolute atomic E-state index is 0.246. The molecule has 2 N–H and O–H groups in total. The van der Waals surface area contributed by atoms with Crippen molar-refractivity contribution >= 4 is 0 Å². The molecule has 2 aliphatic heterocycles. The normalized spacial score (nSPS) is 31.3. The second-order valence-corrected chi connectivity index (χ2v) is 4.60. The maximum atomic E-state index is 6.16. The summed E-state index contributed by atoms with van der Waals surface area (Å²) >= 11 is 0. The average molecular weight is 222 g/mol. The molecule has 1 aromatic heterocycles. The number of nitrogens with zero attached hydrogens (tertiary/aromatic N) is 3. The summed E-state index contributed by atoms with van der Waals surface area (Å²) in [6, 6.07) is 0.606. The number of nitrogens with two attached hydrogens (primary N) is 1. The summed E-state index contributed by atoms with van der Waals surface area (Å²) in [7, 11) is 0. The van der Waals surface area contributed by atoms with Crippen LogP contribution < -0.4 is 5.73 Å². The number of hydrogen-bond donors (Lipinski definition) is 1. The highest BCUT2D eigenvalue weighted by molar-refractivity contribution is 4.98. The molecule has 2 aliphatic rings. The molecule has 2 atom stereocenters. The van der Waals surface area contributed by atoms with Crippen molar-refractivity contribution < 1.29 is 4.74 Å². The van der Waals surface area contributed by atoms with Crippen molar-refractivity contribution in [1.29, 1.82) is 0 Å². The molecule has 0 radical (unpaired) electrons. The van der Waals surface area contributed by atoms with Gasteiger partial charge in [-0.3, -0.25) is 4.90 Å². The summed E-state index contributed by atoms with van der Waals surface area (Å²) in [5, 5.41) is 0. The quantitative estimate of drug-likeness (QED) is 0.716. The van der Waals surface area contributed by atoms with E-state index in [4.69, 9.17) is 10.5 Å². The highest BCUT2D eigenvalue weighted by Crippen LogP contribution is 2.18. The molecule has 1 saturated heterocycles. The number of ether oxygens (including phenoxy) is 1.